The highest BCUT2D eigenvalue weighted by molar-refractivity contribution is 7.92. The van der Waals surface area contributed by atoms with Crippen LogP contribution in [0.1, 0.15) is 27.2 Å². The summed E-state index contributed by atoms with van der Waals surface area (Å²) in [5.74, 6) is 0.488. The fraction of sp³-hybridized carbons (Fsp3) is 1.00. The van der Waals surface area contributed by atoms with E-state index in [1.165, 1.54) is 0 Å². The highest BCUT2D eigenvalue weighted by Gasteiger charge is 2.10. The van der Waals surface area contributed by atoms with Crippen molar-refractivity contribution in [3.8, 4) is 0 Å². The minimum absolute atomic E-state index is 0.0579. The van der Waals surface area contributed by atoms with Crippen molar-refractivity contribution in [2.24, 2.45) is 0 Å². The summed E-state index contributed by atoms with van der Waals surface area (Å²) in [5.41, 5.74) is 0. The molecule has 0 aliphatic heterocycles. The third-order valence-electron chi connectivity index (χ3n) is 1.65. The summed E-state index contributed by atoms with van der Waals surface area (Å²) in [6.07, 6.45) is 0.843. The molecule has 0 rings (SSSR count). The van der Waals surface area contributed by atoms with Gasteiger partial charge in [0.25, 0.3) is 0 Å². The third kappa shape index (κ3) is 2.35. The van der Waals surface area contributed by atoms with Crippen molar-refractivity contribution in [1.82, 2.24) is 0 Å². The standard InChI is InChI=1S/C6H15NOS/c1-4-6(3)9(7,8)5-2/h6-7H,4-5H2,1-3H3/t6-,9+/m1/s1. The molecule has 0 amide bonds. The van der Waals surface area contributed by atoms with Gasteiger partial charge in [-0.05, 0) is 13.3 Å². The molecule has 0 bridgehead atoms. The molecule has 0 radical (unpaired) electrons. The molecule has 0 aliphatic carbocycles. The van der Waals surface area contributed by atoms with E-state index in [0.717, 1.165) is 6.42 Å². The molecule has 0 saturated heterocycles. The van der Waals surface area contributed by atoms with Gasteiger partial charge in [0, 0.05) is 20.7 Å². The van der Waals surface area contributed by atoms with Gasteiger partial charge in [-0.15, -0.1) is 0 Å². The van der Waals surface area contributed by atoms with E-state index >= 15 is 0 Å². The molecular weight excluding hydrogens is 134 g/mol. The zero-order valence-electron chi connectivity index (χ0n) is 6.31. The molecule has 56 valence electrons. The minimum atomic E-state index is -2.25. The van der Waals surface area contributed by atoms with Crippen molar-refractivity contribution in [2.45, 2.75) is 32.4 Å². The van der Waals surface area contributed by atoms with Crippen LogP contribution in [0.25, 0.3) is 0 Å². The zero-order chi connectivity index (χ0) is 7.49. The van der Waals surface area contributed by atoms with Gasteiger partial charge in [0.15, 0.2) is 0 Å². The summed E-state index contributed by atoms with van der Waals surface area (Å²) >= 11 is 0. The molecule has 0 heterocycles. The number of rotatable bonds is 3. The smallest absolute Gasteiger partial charge is 0.0465 e. The van der Waals surface area contributed by atoms with Gasteiger partial charge in [-0.3, -0.25) is 4.78 Å². The van der Waals surface area contributed by atoms with Crippen LogP contribution in [0.3, 0.4) is 0 Å². The van der Waals surface area contributed by atoms with Crippen LogP contribution < -0.4 is 0 Å². The molecule has 0 aliphatic rings. The van der Waals surface area contributed by atoms with E-state index in [1.54, 1.807) is 0 Å². The van der Waals surface area contributed by atoms with Crippen molar-refractivity contribution in [3.63, 3.8) is 0 Å². The lowest BCUT2D eigenvalue weighted by molar-refractivity contribution is 0.661. The number of hydrogen-bond acceptors (Lipinski definition) is 2. The Hall–Kier alpha value is -0.0500. The summed E-state index contributed by atoms with van der Waals surface area (Å²) in [5, 5.41) is 0.0579. The fourth-order valence-electron chi connectivity index (χ4n) is 0.554. The van der Waals surface area contributed by atoms with Gasteiger partial charge in [0.05, 0.1) is 0 Å². The summed E-state index contributed by atoms with van der Waals surface area (Å²) in [4.78, 5) is 0. The van der Waals surface area contributed by atoms with Crippen molar-refractivity contribution in [2.75, 3.05) is 5.75 Å². The Labute approximate surface area is 57.6 Å². The van der Waals surface area contributed by atoms with Gasteiger partial charge >= 0.3 is 0 Å². The molecule has 0 fully saturated rings. The Morgan fingerprint density at radius 1 is 1.56 bits per heavy atom. The van der Waals surface area contributed by atoms with Crippen molar-refractivity contribution in [1.29, 1.82) is 4.78 Å². The molecule has 0 aromatic heterocycles. The summed E-state index contributed by atoms with van der Waals surface area (Å²) in [7, 11) is -2.25. The predicted octanol–water partition coefficient (Wildman–Crippen LogP) is 1.85. The SMILES string of the molecule is CC[C@@H](C)[S@@](=N)(=O)CC. The summed E-state index contributed by atoms with van der Waals surface area (Å²) in [6.45, 7) is 5.65. The first-order chi connectivity index (χ1) is 4.04. The fourth-order valence-corrected chi connectivity index (χ4v) is 1.66. The summed E-state index contributed by atoms with van der Waals surface area (Å²) in [6, 6.07) is 0. The second-order valence-electron chi connectivity index (χ2n) is 2.23. The van der Waals surface area contributed by atoms with Gasteiger partial charge in [-0.25, -0.2) is 4.21 Å². The second kappa shape index (κ2) is 3.20. The van der Waals surface area contributed by atoms with Crippen molar-refractivity contribution in [3.05, 3.63) is 0 Å². The maximum Gasteiger partial charge on any atom is 0.0465 e. The van der Waals surface area contributed by atoms with Crippen LogP contribution in [0.2, 0.25) is 0 Å². The zero-order valence-corrected chi connectivity index (χ0v) is 7.12. The van der Waals surface area contributed by atoms with E-state index in [0.29, 0.717) is 5.75 Å². The Bertz CT molecular complexity index is 160. The molecular formula is C6H15NOS. The molecule has 0 saturated carbocycles. The minimum Gasteiger partial charge on any atom is -0.253 e. The Balaban J connectivity index is 4.17. The topological polar surface area (TPSA) is 40.9 Å². The molecule has 2 atom stereocenters. The molecule has 9 heavy (non-hydrogen) atoms. The van der Waals surface area contributed by atoms with Crippen LogP contribution in [0.5, 0.6) is 0 Å². The van der Waals surface area contributed by atoms with Crippen LogP contribution in [-0.4, -0.2) is 15.2 Å². The average Bonchev–Trinajstić information content (AvgIpc) is 1.86. The van der Waals surface area contributed by atoms with E-state index in [1.807, 2.05) is 20.8 Å². The van der Waals surface area contributed by atoms with Crippen LogP contribution >= 0.6 is 0 Å². The quantitative estimate of drug-likeness (QED) is 0.653. The third-order valence-corrected chi connectivity index (χ3v) is 4.14. The average molecular weight is 149 g/mol. The first-order valence-electron chi connectivity index (χ1n) is 3.29. The van der Waals surface area contributed by atoms with Gasteiger partial charge in [-0.2, -0.15) is 0 Å². The van der Waals surface area contributed by atoms with Gasteiger partial charge in [-0.1, -0.05) is 13.8 Å². The number of hydrogen-bond donors (Lipinski definition) is 1. The maximum absolute atomic E-state index is 11.2. The van der Waals surface area contributed by atoms with Gasteiger partial charge in [0.2, 0.25) is 0 Å². The van der Waals surface area contributed by atoms with E-state index in [9.17, 15) is 4.21 Å². The second-order valence-corrected chi connectivity index (χ2v) is 5.07. The monoisotopic (exact) mass is 149 g/mol. The van der Waals surface area contributed by atoms with Crippen molar-refractivity contribution < 1.29 is 4.21 Å². The first-order valence-corrected chi connectivity index (χ1v) is 5.09. The Kier molecular flexibility index (Phi) is 3.18. The van der Waals surface area contributed by atoms with Crippen LogP contribution in [-0.2, 0) is 9.73 Å². The van der Waals surface area contributed by atoms with E-state index in [4.69, 9.17) is 4.78 Å². The lowest BCUT2D eigenvalue weighted by Gasteiger charge is -2.10. The molecule has 1 N–H and O–H groups in total. The van der Waals surface area contributed by atoms with Crippen LogP contribution in [0, 0.1) is 4.78 Å². The van der Waals surface area contributed by atoms with E-state index in [2.05, 4.69) is 0 Å². The lowest BCUT2D eigenvalue weighted by Crippen LogP contribution is -2.16. The van der Waals surface area contributed by atoms with Gasteiger partial charge < -0.3 is 0 Å². The molecule has 0 spiro atoms. The van der Waals surface area contributed by atoms with Crippen LogP contribution in [0.4, 0.5) is 0 Å². The largest absolute Gasteiger partial charge is 0.253 e. The normalized spacial score (nSPS) is 20.8. The predicted molar refractivity (Wildman–Crippen MR) is 41.2 cm³/mol. The number of nitrogens with one attached hydrogen (secondary N) is 1. The molecule has 0 aromatic rings. The Morgan fingerprint density at radius 3 is 2.11 bits per heavy atom. The molecule has 0 unspecified atom stereocenters. The molecule has 2 nitrogen and oxygen atoms in total. The first kappa shape index (κ1) is 8.95. The van der Waals surface area contributed by atoms with E-state index in [-0.39, 0.29) is 5.25 Å². The van der Waals surface area contributed by atoms with Crippen molar-refractivity contribution >= 4 is 9.73 Å². The maximum atomic E-state index is 11.2. The highest BCUT2D eigenvalue weighted by Crippen LogP contribution is 2.05. The van der Waals surface area contributed by atoms with Crippen LogP contribution in [0.15, 0.2) is 0 Å². The Morgan fingerprint density at radius 2 is 2.00 bits per heavy atom. The van der Waals surface area contributed by atoms with E-state index < -0.39 is 9.73 Å². The highest BCUT2D eigenvalue weighted by atomic mass is 32.2. The molecule has 3 heteroatoms. The summed E-state index contributed by atoms with van der Waals surface area (Å²) < 4.78 is 18.5. The lowest BCUT2D eigenvalue weighted by atomic mass is 10.4. The molecule has 0 aromatic carbocycles. The van der Waals surface area contributed by atoms with Gasteiger partial charge in [0.1, 0.15) is 0 Å².